The van der Waals surface area contributed by atoms with Crippen molar-refractivity contribution in [1.29, 1.82) is 0 Å². The third-order valence-electron chi connectivity index (χ3n) is 5.05. The number of rotatable bonds is 6. The molecule has 0 unspecified atom stereocenters. The van der Waals surface area contributed by atoms with E-state index in [0.29, 0.717) is 46.4 Å². The molecule has 30 heavy (non-hydrogen) atoms. The summed E-state index contributed by atoms with van der Waals surface area (Å²) < 4.78 is 43.3. The smallest absolute Gasteiger partial charge is 0.443 e. The number of amides is 2. The third kappa shape index (κ3) is 4.08. The number of halogens is 5. The normalized spacial score (nSPS) is 24.4. The van der Waals surface area contributed by atoms with Crippen LogP contribution in [-0.2, 0) is 11.0 Å². The maximum Gasteiger partial charge on any atom is 0.443 e. The Morgan fingerprint density at radius 2 is 1.80 bits per heavy atom. The van der Waals surface area contributed by atoms with Gasteiger partial charge in [0.15, 0.2) is 11.6 Å². The van der Waals surface area contributed by atoms with Gasteiger partial charge in [-0.25, -0.2) is 4.98 Å². The largest absolute Gasteiger partial charge is 0.484 e. The topological polar surface area (TPSA) is 80.3 Å². The van der Waals surface area contributed by atoms with Gasteiger partial charge in [-0.05, 0) is 31.4 Å². The fraction of sp³-hybridized carbons (Fsp3) is 0.389. The van der Waals surface area contributed by atoms with Gasteiger partial charge in [-0.2, -0.15) is 13.2 Å². The highest BCUT2D eigenvalue weighted by Crippen LogP contribution is 2.60. The predicted octanol–water partition coefficient (Wildman–Crippen LogP) is 4.07. The minimum atomic E-state index is -4.58. The van der Waals surface area contributed by atoms with E-state index in [-0.39, 0.29) is 17.4 Å². The van der Waals surface area contributed by atoms with Crippen molar-refractivity contribution in [3.8, 4) is 5.75 Å². The Morgan fingerprint density at radius 1 is 1.13 bits per heavy atom. The van der Waals surface area contributed by atoms with Gasteiger partial charge in [-0.1, -0.05) is 23.2 Å². The molecule has 3 saturated carbocycles. The SMILES string of the molecule is O=C(COc1ccc(Cl)c(Cl)c1)NC12CC(NC(=O)c3cnc(C(F)(F)F)s3)(C1)C2. The van der Waals surface area contributed by atoms with Crippen LogP contribution in [0.2, 0.25) is 10.0 Å². The summed E-state index contributed by atoms with van der Waals surface area (Å²) in [5, 5.41) is 5.28. The van der Waals surface area contributed by atoms with Gasteiger partial charge in [0.25, 0.3) is 11.8 Å². The number of benzene rings is 1. The van der Waals surface area contributed by atoms with Gasteiger partial charge < -0.3 is 15.4 Å². The zero-order valence-corrected chi connectivity index (χ0v) is 17.4. The summed E-state index contributed by atoms with van der Waals surface area (Å²) in [5.41, 5.74) is -0.923. The van der Waals surface area contributed by atoms with Crippen LogP contribution >= 0.6 is 34.5 Å². The molecule has 2 N–H and O–H groups in total. The third-order valence-corrected chi connectivity index (χ3v) is 6.83. The number of hydrogen-bond acceptors (Lipinski definition) is 5. The number of hydrogen-bond donors (Lipinski definition) is 2. The Hall–Kier alpha value is -2.04. The van der Waals surface area contributed by atoms with E-state index < -0.39 is 28.2 Å². The Labute approximate surface area is 182 Å². The number of nitrogens with zero attached hydrogens (tertiary/aromatic N) is 1. The Kier molecular flexibility index (Phi) is 5.14. The monoisotopic (exact) mass is 479 g/mol. The molecular formula is C18H14Cl2F3N3O3S. The van der Waals surface area contributed by atoms with Crippen LogP contribution in [0.5, 0.6) is 5.75 Å². The number of thiazole rings is 1. The number of alkyl halides is 3. The van der Waals surface area contributed by atoms with Gasteiger partial charge in [-0.15, -0.1) is 11.3 Å². The maximum absolute atomic E-state index is 12.6. The van der Waals surface area contributed by atoms with Crippen LogP contribution in [0.1, 0.15) is 33.9 Å². The van der Waals surface area contributed by atoms with Crippen molar-refractivity contribution >= 4 is 46.4 Å². The first-order valence-corrected chi connectivity index (χ1v) is 10.3. The molecule has 0 radical (unpaired) electrons. The van der Waals surface area contributed by atoms with E-state index in [1.807, 2.05) is 0 Å². The van der Waals surface area contributed by atoms with E-state index in [2.05, 4.69) is 15.6 Å². The second-order valence-corrected chi connectivity index (χ2v) is 9.33. The lowest BCUT2D eigenvalue weighted by Crippen LogP contribution is -2.84. The molecular weight excluding hydrogens is 466 g/mol. The first-order chi connectivity index (χ1) is 14.0. The molecule has 0 aliphatic heterocycles. The van der Waals surface area contributed by atoms with E-state index in [4.69, 9.17) is 27.9 Å². The zero-order valence-electron chi connectivity index (χ0n) is 15.1. The molecule has 0 atom stereocenters. The first kappa shape index (κ1) is 21.2. The van der Waals surface area contributed by atoms with E-state index in [0.717, 1.165) is 6.20 Å². The summed E-state index contributed by atoms with van der Waals surface area (Å²) in [7, 11) is 0. The molecule has 3 aliphatic carbocycles. The molecule has 0 saturated heterocycles. The standard InChI is InChI=1S/C18H14Cl2F3N3O3S/c19-10-2-1-9(3-11(10)20)29-5-13(27)25-16-6-17(7-16,8-16)26-14(28)12-4-24-15(30-12)18(21,22)23/h1-4H,5-8H2,(H,25,27)(H,26,28). The minimum Gasteiger partial charge on any atom is -0.484 e. The zero-order chi connectivity index (χ0) is 21.7. The fourth-order valence-corrected chi connectivity index (χ4v) is 4.88. The van der Waals surface area contributed by atoms with Crippen LogP contribution in [0.25, 0.3) is 0 Å². The fourth-order valence-electron chi connectivity index (χ4n) is 3.91. The molecule has 1 aromatic carbocycles. The number of nitrogens with one attached hydrogen (secondary N) is 2. The van der Waals surface area contributed by atoms with Crippen molar-refractivity contribution in [2.75, 3.05) is 6.61 Å². The van der Waals surface area contributed by atoms with Gasteiger partial charge in [0, 0.05) is 17.1 Å². The van der Waals surface area contributed by atoms with Crippen LogP contribution in [0.15, 0.2) is 24.4 Å². The highest BCUT2D eigenvalue weighted by atomic mass is 35.5. The molecule has 3 fully saturated rings. The lowest BCUT2D eigenvalue weighted by molar-refractivity contribution is -0.141. The van der Waals surface area contributed by atoms with E-state index >= 15 is 0 Å². The highest BCUT2D eigenvalue weighted by molar-refractivity contribution is 7.13. The molecule has 1 aromatic heterocycles. The van der Waals surface area contributed by atoms with Crippen molar-refractivity contribution in [3.05, 3.63) is 44.3 Å². The summed E-state index contributed by atoms with van der Waals surface area (Å²) in [6.45, 7) is -0.208. The summed E-state index contributed by atoms with van der Waals surface area (Å²) in [4.78, 5) is 27.5. The van der Waals surface area contributed by atoms with Crippen LogP contribution < -0.4 is 15.4 Å². The number of carbonyl (C=O) groups is 2. The Balaban J connectivity index is 1.24. The second-order valence-electron chi connectivity index (χ2n) is 7.49. The molecule has 6 nitrogen and oxygen atoms in total. The Bertz CT molecular complexity index is 1010. The summed E-state index contributed by atoms with van der Waals surface area (Å²) in [6, 6.07) is 4.66. The van der Waals surface area contributed by atoms with Crippen LogP contribution in [0, 0.1) is 0 Å². The summed E-state index contributed by atoms with van der Waals surface area (Å²) in [5.74, 6) is -0.507. The summed E-state index contributed by atoms with van der Waals surface area (Å²) in [6.07, 6.45) is -2.13. The van der Waals surface area contributed by atoms with Crippen molar-refractivity contribution < 1.29 is 27.5 Å². The molecule has 2 bridgehead atoms. The van der Waals surface area contributed by atoms with Crippen molar-refractivity contribution in [2.45, 2.75) is 36.5 Å². The molecule has 2 amide bonds. The summed E-state index contributed by atoms with van der Waals surface area (Å²) >= 11 is 12.0. The highest BCUT2D eigenvalue weighted by Gasteiger charge is 2.69. The second kappa shape index (κ2) is 7.28. The van der Waals surface area contributed by atoms with E-state index in [1.165, 1.54) is 6.07 Å². The van der Waals surface area contributed by atoms with Crippen LogP contribution in [-0.4, -0.2) is 34.5 Å². The molecule has 3 aliphatic rings. The predicted molar refractivity (Wildman–Crippen MR) is 104 cm³/mol. The lowest BCUT2D eigenvalue weighted by Gasteiger charge is -2.70. The molecule has 5 rings (SSSR count). The molecule has 12 heteroatoms. The molecule has 2 aromatic rings. The van der Waals surface area contributed by atoms with Crippen LogP contribution in [0.3, 0.4) is 0 Å². The van der Waals surface area contributed by atoms with E-state index in [1.54, 1.807) is 12.1 Å². The number of ether oxygens (including phenoxy) is 1. The van der Waals surface area contributed by atoms with E-state index in [9.17, 15) is 22.8 Å². The average molecular weight is 480 g/mol. The molecule has 160 valence electrons. The minimum absolute atomic E-state index is 0.0971. The Morgan fingerprint density at radius 3 is 2.40 bits per heavy atom. The molecule has 0 spiro atoms. The first-order valence-electron chi connectivity index (χ1n) is 8.74. The lowest BCUT2D eigenvalue weighted by atomic mass is 9.44. The van der Waals surface area contributed by atoms with Crippen molar-refractivity contribution in [1.82, 2.24) is 15.6 Å². The number of aromatic nitrogens is 1. The number of carbonyl (C=O) groups excluding carboxylic acids is 2. The van der Waals surface area contributed by atoms with Gasteiger partial charge in [0.2, 0.25) is 0 Å². The van der Waals surface area contributed by atoms with Gasteiger partial charge >= 0.3 is 6.18 Å². The van der Waals surface area contributed by atoms with Crippen molar-refractivity contribution in [3.63, 3.8) is 0 Å². The van der Waals surface area contributed by atoms with Gasteiger partial charge in [0.1, 0.15) is 10.6 Å². The molecule has 1 heterocycles. The quantitative estimate of drug-likeness (QED) is 0.654. The van der Waals surface area contributed by atoms with Crippen molar-refractivity contribution in [2.24, 2.45) is 0 Å². The van der Waals surface area contributed by atoms with Gasteiger partial charge in [0.05, 0.1) is 16.2 Å². The van der Waals surface area contributed by atoms with Gasteiger partial charge in [-0.3, -0.25) is 9.59 Å². The van der Waals surface area contributed by atoms with Crippen LogP contribution in [0.4, 0.5) is 13.2 Å². The average Bonchev–Trinajstić information content (AvgIpc) is 3.10. The maximum atomic E-state index is 12.6.